The minimum Gasteiger partial charge on any atom is -0.352 e. The van der Waals surface area contributed by atoms with E-state index in [9.17, 15) is 9.59 Å². The van der Waals surface area contributed by atoms with Gasteiger partial charge in [-0.2, -0.15) is 0 Å². The van der Waals surface area contributed by atoms with Crippen LogP contribution in [0.2, 0.25) is 10.0 Å². The van der Waals surface area contributed by atoms with Crippen molar-refractivity contribution in [2.75, 3.05) is 24.5 Å². The molecule has 0 radical (unpaired) electrons. The Hall–Kier alpha value is -2.24. The van der Waals surface area contributed by atoms with Crippen LogP contribution in [0.15, 0.2) is 36.4 Å². The predicted molar refractivity (Wildman–Crippen MR) is 109 cm³/mol. The van der Waals surface area contributed by atoms with Crippen LogP contribution in [-0.4, -0.2) is 31.6 Å². The van der Waals surface area contributed by atoms with E-state index in [1.165, 1.54) is 0 Å². The van der Waals surface area contributed by atoms with Gasteiger partial charge in [-0.1, -0.05) is 29.3 Å². The highest BCUT2D eigenvalue weighted by Gasteiger charge is 2.22. The number of hydrogen-bond donors (Lipinski definition) is 2. The number of rotatable bonds is 6. The second kappa shape index (κ2) is 8.63. The van der Waals surface area contributed by atoms with Crippen LogP contribution in [0.3, 0.4) is 0 Å². The summed E-state index contributed by atoms with van der Waals surface area (Å²) in [6, 6.07) is 10.9. The minimum atomic E-state index is -0.121. The molecule has 5 nitrogen and oxygen atoms in total. The van der Waals surface area contributed by atoms with Crippen LogP contribution in [0.25, 0.3) is 0 Å². The molecule has 0 atom stereocenters. The largest absolute Gasteiger partial charge is 0.352 e. The summed E-state index contributed by atoms with van der Waals surface area (Å²) in [5, 5.41) is 6.79. The highest BCUT2D eigenvalue weighted by molar-refractivity contribution is 6.42. The lowest BCUT2D eigenvalue weighted by Gasteiger charge is -2.17. The van der Waals surface area contributed by atoms with Gasteiger partial charge in [-0.05, 0) is 61.2 Å². The molecule has 0 bridgehead atoms. The quantitative estimate of drug-likeness (QED) is 0.707. The van der Waals surface area contributed by atoms with E-state index in [1.54, 1.807) is 17.0 Å². The van der Waals surface area contributed by atoms with Crippen LogP contribution in [0.1, 0.15) is 27.9 Å². The lowest BCUT2D eigenvalue weighted by atomic mass is 10.1. The molecular formula is C20H21Cl2N3O2. The molecule has 7 heteroatoms. The van der Waals surface area contributed by atoms with E-state index < -0.39 is 0 Å². The summed E-state index contributed by atoms with van der Waals surface area (Å²) in [5.41, 5.74) is 3.41. The van der Waals surface area contributed by atoms with Gasteiger partial charge in [0.1, 0.15) is 0 Å². The van der Waals surface area contributed by atoms with Crippen molar-refractivity contribution in [1.82, 2.24) is 10.6 Å². The Morgan fingerprint density at radius 3 is 2.67 bits per heavy atom. The number of carbonyl (C=O) groups excluding carboxylic acids is 2. The van der Waals surface area contributed by atoms with E-state index in [4.69, 9.17) is 23.2 Å². The number of halogens is 2. The monoisotopic (exact) mass is 405 g/mol. The molecule has 1 aliphatic heterocycles. The zero-order valence-electron chi connectivity index (χ0n) is 15.0. The van der Waals surface area contributed by atoms with E-state index in [0.717, 1.165) is 29.7 Å². The van der Waals surface area contributed by atoms with Gasteiger partial charge < -0.3 is 10.6 Å². The maximum absolute atomic E-state index is 12.4. The Labute approximate surface area is 168 Å². The number of nitrogens with one attached hydrogen (secondary N) is 2. The summed E-state index contributed by atoms with van der Waals surface area (Å²) in [7, 11) is 0. The summed E-state index contributed by atoms with van der Waals surface area (Å²) in [5.74, 6) is -0.121. The number of nitrogens with zero attached hydrogens (tertiary/aromatic N) is 1. The molecule has 0 aliphatic carbocycles. The number of carbonyl (C=O) groups is 2. The molecular weight excluding hydrogens is 385 g/mol. The molecule has 1 heterocycles. The number of anilines is 1. The Bertz CT molecular complexity index is 870. The molecule has 1 aliphatic rings. The average Bonchev–Trinajstić information content (AvgIpc) is 3.07. The summed E-state index contributed by atoms with van der Waals surface area (Å²) in [4.78, 5) is 25.8. The van der Waals surface area contributed by atoms with Crippen LogP contribution in [-0.2, 0) is 6.42 Å². The summed E-state index contributed by atoms with van der Waals surface area (Å²) < 4.78 is 0. The minimum absolute atomic E-state index is 0.0994. The van der Waals surface area contributed by atoms with Crippen LogP contribution < -0.4 is 15.5 Å². The fourth-order valence-corrected chi connectivity index (χ4v) is 3.41. The van der Waals surface area contributed by atoms with Crippen molar-refractivity contribution in [3.8, 4) is 0 Å². The van der Waals surface area contributed by atoms with E-state index in [0.29, 0.717) is 35.2 Å². The van der Waals surface area contributed by atoms with Crippen LogP contribution in [0, 0.1) is 6.92 Å². The van der Waals surface area contributed by atoms with Gasteiger partial charge in [-0.15, -0.1) is 0 Å². The highest BCUT2D eigenvalue weighted by atomic mass is 35.5. The fourth-order valence-electron chi connectivity index (χ4n) is 3.09. The number of amides is 3. The summed E-state index contributed by atoms with van der Waals surface area (Å²) in [6.07, 6.45) is 1.61. The molecule has 2 N–H and O–H groups in total. The second-order valence-corrected chi connectivity index (χ2v) is 7.31. The van der Waals surface area contributed by atoms with Crippen molar-refractivity contribution in [2.45, 2.75) is 19.8 Å². The molecule has 142 valence electrons. The predicted octanol–water partition coefficient (Wildman–Crippen LogP) is 4.19. The molecule has 27 heavy (non-hydrogen) atoms. The molecule has 2 aromatic carbocycles. The summed E-state index contributed by atoms with van der Waals surface area (Å²) in [6.45, 7) is 3.75. The zero-order valence-corrected chi connectivity index (χ0v) is 16.5. The third-order valence-electron chi connectivity index (χ3n) is 4.52. The molecule has 0 aromatic heterocycles. The lowest BCUT2D eigenvalue weighted by Crippen LogP contribution is -2.29. The molecule has 0 saturated carbocycles. The van der Waals surface area contributed by atoms with Gasteiger partial charge in [-0.25, -0.2) is 4.79 Å². The van der Waals surface area contributed by atoms with Gasteiger partial charge >= 0.3 is 6.03 Å². The average molecular weight is 406 g/mol. The maximum Gasteiger partial charge on any atom is 0.322 e. The zero-order chi connectivity index (χ0) is 19.4. The number of urea groups is 1. The third-order valence-corrected chi connectivity index (χ3v) is 5.26. The van der Waals surface area contributed by atoms with E-state index in [-0.39, 0.29) is 11.9 Å². The Balaban J connectivity index is 1.52. The van der Waals surface area contributed by atoms with E-state index >= 15 is 0 Å². The molecule has 2 aromatic rings. The van der Waals surface area contributed by atoms with Gasteiger partial charge in [0, 0.05) is 30.9 Å². The lowest BCUT2D eigenvalue weighted by molar-refractivity contribution is 0.0953. The first-order valence-electron chi connectivity index (χ1n) is 8.84. The molecule has 0 unspecified atom stereocenters. The van der Waals surface area contributed by atoms with Gasteiger partial charge in [0.25, 0.3) is 5.91 Å². The molecule has 3 rings (SSSR count). The van der Waals surface area contributed by atoms with Gasteiger partial charge in [-0.3, -0.25) is 9.69 Å². The van der Waals surface area contributed by atoms with E-state index in [2.05, 4.69) is 10.6 Å². The fraction of sp³-hybridized carbons (Fsp3) is 0.300. The van der Waals surface area contributed by atoms with Crippen molar-refractivity contribution in [3.63, 3.8) is 0 Å². The molecule has 0 spiro atoms. The Morgan fingerprint density at radius 2 is 2.00 bits per heavy atom. The van der Waals surface area contributed by atoms with Crippen LogP contribution in [0.4, 0.5) is 10.5 Å². The van der Waals surface area contributed by atoms with Gasteiger partial charge in [0.2, 0.25) is 0 Å². The number of benzene rings is 2. The first-order valence-corrected chi connectivity index (χ1v) is 9.59. The molecule has 1 saturated heterocycles. The van der Waals surface area contributed by atoms with E-state index in [1.807, 2.05) is 31.2 Å². The SMILES string of the molecule is Cc1cc(C(=O)NCCCc2ccc(Cl)c(Cl)c2)ccc1N1CCNC1=O. The third kappa shape index (κ3) is 4.73. The van der Waals surface area contributed by atoms with Crippen LogP contribution in [0.5, 0.6) is 0 Å². The normalized spacial score (nSPS) is 13.6. The van der Waals surface area contributed by atoms with Gasteiger partial charge in [0.15, 0.2) is 0 Å². The van der Waals surface area contributed by atoms with Crippen molar-refractivity contribution in [2.24, 2.45) is 0 Å². The Morgan fingerprint density at radius 1 is 1.19 bits per heavy atom. The van der Waals surface area contributed by atoms with Gasteiger partial charge in [0.05, 0.1) is 10.0 Å². The Kier molecular flexibility index (Phi) is 6.24. The van der Waals surface area contributed by atoms with Crippen LogP contribution >= 0.6 is 23.2 Å². The topological polar surface area (TPSA) is 61.4 Å². The molecule has 3 amide bonds. The standard InChI is InChI=1S/C20H21Cl2N3O2/c1-13-11-15(5-7-18(13)25-10-9-24-20(25)27)19(26)23-8-2-3-14-4-6-16(21)17(22)12-14/h4-7,11-12H,2-3,8-10H2,1H3,(H,23,26)(H,24,27). The first-order chi connectivity index (χ1) is 13.0. The molecule has 1 fully saturated rings. The first kappa shape index (κ1) is 19.5. The van der Waals surface area contributed by atoms with Crippen molar-refractivity contribution >= 4 is 40.8 Å². The summed E-state index contributed by atoms with van der Waals surface area (Å²) >= 11 is 11.9. The number of aryl methyl sites for hydroxylation is 2. The van der Waals surface area contributed by atoms with Crippen molar-refractivity contribution < 1.29 is 9.59 Å². The second-order valence-electron chi connectivity index (χ2n) is 6.49. The highest BCUT2D eigenvalue weighted by Crippen LogP contribution is 2.24. The van der Waals surface area contributed by atoms with Crippen molar-refractivity contribution in [1.29, 1.82) is 0 Å². The van der Waals surface area contributed by atoms with Crippen molar-refractivity contribution in [3.05, 3.63) is 63.1 Å². The smallest absolute Gasteiger partial charge is 0.322 e. The number of hydrogen-bond acceptors (Lipinski definition) is 2. The maximum atomic E-state index is 12.4.